The Hall–Kier alpha value is -1.38. The SMILES string of the molecule is Cc1ccc(C(=O)N2CCC3(CCOCC3NS(C)(=O)=O)CC2)o1. The summed E-state index contributed by atoms with van der Waals surface area (Å²) in [4.78, 5) is 14.3. The van der Waals surface area contributed by atoms with Crippen molar-refractivity contribution in [3.8, 4) is 0 Å². The molecule has 1 N–H and O–H groups in total. The topological polar surface area (TPSA) is 88.9 Å². The van der Waals surface area contributed by atoms with Crippen molar-refractivity contribution < 1.29 is 22.4 Å². The Balaban J connectivity index is 1.69. The van der Waals surface area contributed by atoms with E-state index in [0.717, 1.165) is 19.3 Å². The van der Waals surface area contributed by atoms with Gasteiger partial charge < -0.3 is 14.1 Å². The fourth-order valence-corrected chi connectivity index (χ4v) is 4.54. The van der Waals surface area contributed by atoms with E-state index in [1.807, 2.05) is 6.92 Å². The van der Waals surface area contributed by atoms with Crippen LogP contribution in [0.3, 0.4) is 0 Å². The van der Waals surface area contributed by atoms with Crippen molar-refractivity contribution in [3.63, 3.8) is 0 Å². The van der Waals surface area contributed by atoms with Crippen molar-refractivity contribution in [1.29, 1.82) is 0 Å². The third-order valence-electron chi connectivity index (χ3n) is 5.12. The predicted octanol–water partition coefficient (Wildman–Crippen LogP) is 1.15. The lowest BCUT2D eigenvalue weighted by Crippen LogP contribution is -2.57. The molecule has 134 valence electrons. The Kier molecular flexibility index (Phi) is 4.72. The maximum atomic E-state index is 12.5. The van der Waals surface area contributed by atoms with E-state index < -0.39 is 10.0 Å². The summed E-state index contributed by atoms with van der Waals surface area (Å²) in [6, 6.07) is 3.25. The number of carbonyl (C=O) groups excluding carboxylic acids is 1. The molecule has 0 radical (unpaired) electrons. The van der Waals surface area contributed by atoms with Crippen LogP contribution in [0.25, 0.3) is 0 Å². The molecule has 1 aromatic rings. The van der Waals surface area contributed by atoms with E-state index >= 15 is 0 Å². The molecule has 0 bridgehead atoms. The molecular weight excluding hydrogens is 332 g/mol. The number of carbonyl (C=O) groups is 1. The van der Waals surface area contributed by atoms with Gasteiger partial charge >= 0.3 is 0 Å². The van der Waals surface area contributed by atoms with E-state index in [4.69, 9.17) is 9.15 Å². The van der Waals surface area contributed by atoms with Crippen molar-refractivity contribution in [3.05, 3.63) is 23.7 Å². The second-order valence-corrected chi connectivity index (χ2v) is 8.61. The van der Waals surface area contributed by atoms with Crippen LogP contribution in [-0.4, -0.2) is 57.8 Å². The average Bonchev–Trinajstić information content (AvgIpc) is 2.95. The maximum absolute atomic E-state index is 12.5. The molecule has 0 aromatic carbocycles. The highest BCUT2D eigenvalue weighted by Gasteiger charge is 2.45. The zero-order valence-electron chi connectivity index (χ0n) is 14.1. The van der Waals surface area contributed by atoms with Gasteiger partial charge in [0, 0.05) is 19.7 Å². The van der Waals surface area contributed by atoms with Crippen molar-refractivity contribution >= 4 is 15.9 Å². The Morgan fingerprint density at radius 3 is 2.58 bits per heavy atom. The van der Waals surface area contributed by atoms with Gasteiger partial charge in [0.1, 0.15) is 5.76 Å². The van der Waals surface area contributed by atoms with Gasteiger partial charge in [0.15, 0.2) is 5.76 Å². The first-order valence-corrected chi connectivity index (χ1v) is 10.1. The number of piperidine rings is 1. The number of amides is 1. The minimum atomic E-state index is -3.29. The summed E-state index contributed by atoms with van der Waals surface area (Å²) in [6.07, 6.45) is 3.50. The van der Waals surface area contributed by atoms with Gasteiger partial charge in [0.2, 0.25) is 10.0 Å². The lowest BCUT2D eigenvalue weighted by Gasteiger charge is -2.48. The van der Waals surface area contributed by atoms with Crippen molar-refractivity contribution in [2.24, 2.45) is 5.41 Å². The number of hydrogen-bond donors (Lipinski definition) is 1. The van der Waals surface area contributed by atoms with Crippen molar-refractivity contribution in [2.75, 3.05) is 32.6 Å². The molecule has 2 aliphatic rings. The Labute approximate surface area is 142 Å². The number of nitrogens with one attached hydrogen (secondary N) is 1. The fourth-order valence-electron chi connectivity index (χ4n) is 3.70. The molecule has 0 aliphatic carbocycles. The second kappa shape index (κ2) is 6.50. The Bertz CT molecular complexity index is 704. The van der Waals surface area contributed by atoms with Gasteiger partial charge in [-0.25, -0.2) is 13.1 Å². The third kappa shape index (κ3) is 3.65. The summed E-state index contributed by atoms with van der Waals surface area (Å²) in [5, 5.41) is 0. The van der Waals surface area contributed by atoms with Gasteiger partial charge in [-0.1, -0.05) is 0 Å². The molecule has 1 amide bonds. The highest BCUT2D eigenvalue weighted by molar-refractivity contribution is 7.88. The largest absolute Gasteiger partial charge is 0.456 e. The number of rotatable bonds is 3. The van der Waals surface area contributed by atoms with Gasteiger partial charge in [-0.2, -0.15) is 0 Å². The monoisotopic (exact) mass is 356 g/mol. The fraction of sp³-hybridized carbons (Fsp3) is 0.688. The van der Waals surface area contributed by atoms with E-state index in [0.29, 0.717) is 37.8 Å². The number of aryl methyl sites for hydroxylation is 1. The Morgan fingerprint density at radius 2 is 2.00 bits per heavy atom. The zero-order chi connectivity index (χ0) is 17.4. The first kappa shape index (κ1) is 17.4. The first-order chi connectivity index (χ1) is 11.3. The maximum Gasteiger partial charge on any atom is 0.289 e. The van der Waals surface area contributed by atoms with Crippen LogP contribution < -0.4 is 4.72 Å². The molecule has 0 saturated carbocycles. The van der Waals surface area contributed by atoms with Crippen LogP contribution in [0.15, 0.2) is 16.5 Å². The molecular formula is C16H24N2O5S. The quantitative estimate of drug-likeness (QED) is 0.878. The second-order valence-electron chi connectivity index (χ2n) is 6.83. The van der Waals surface area contributed by atoms with E-state index in [2.05, 4.69) is 4.72 Å². The summed E-state index contributed by atoms with van der Waals surface area (Å²) < 4.78 is 36.9. The van der Waals surface area contributed by atoms with Gasteiger partial charge in [-0.05, 0) is 43.7 Å². The summed E-state index contributed by atoms with van der Waals surface area (Å²) in [5.41, 5.74) is -0.142. The number of sulfonamides is 1. The summed E-state index contributed by atoms with van der Waals surface area (Å²) in [7, 11) is -3.29. The van der Waals surface area contributed by atoms with E-state index in [1.54, 1.807) is 17.0 Å². The lowest BCUT2D eigenvalue weighted by atomic mass is 9.69. The normalized spacial score (nSPS) is 24.2. The number of furan rings is 1. The molecule has 1 atom stereocenters. The minimum Gasteiger partial charge on any atom is -0.456 e. The molecule has 8 heteroatoms. The molecule has 2 saturated heterocycles. The molecule has 1 unspecified atom stereocenters. The summed E-state index contributed by atoms with van der Waals surface area (Å²) >= 11 is 0. The smallest absolute Gasteiger partial charge is 0.289 e. The zero-order valence-corrected chi connectivity index (χ0v) is 14.9. The van der Waals surface area contributed by atoms with Crippen LogP contribution in [-0.2, 0) is 14.8 Å². The van der Waals surface area contributed by atoms with Crippen molar-refractivity contribution in [2.45, 2.75) is 32.2 Å². The molecule has 1 spiro atoms. The molecule has 3 heterocycles. The lowest BCUT2D eigenvalue weighted by molar-refractivity contribution is -0.0403. The molecule has 24 heavy (non-hydrogen) atoms. The standard InChI is InChI=1S/C16H24N2O5S/c1-12-3-4-13(23-12)15(19)18-8-5-16(6-9-18)7-10-22-11-14(16)17-24(2,20)21/h3-4,14,17H,5-11H2,1-2H3. The van der Waals surface area contributed by atoms with Crippen LogP contribution in [0.2, 0.25) is 0 Å². The predicted molar refractivity (Wildman–Crippen MR) is 88.2 cm³/mol. The number of hydrogen-bond acceptors (Lipinski definition) is 5. The van der Waals surface area contributed by atoms with Gasteiger partial charge in [-0.3, -0.25) is 4.79 Å². The van der Waals surface area contributed by atoms with Crippen molar-refractivity contribution in [1.82, 2.24) is 9.62 Å². The van der Waals surface area contributed by atoms with Crippen LogP contribution in [0.1, 0.15) is 35.6 Å². The highest BCUT2D eigenvalue weighted by atomic mass is 32.2. The number of ether oxygens (including phenoxy) is 1. The highest BCUT2D eigenvalue weighted by Crippen LogP contribution is 2.41. The van der Waals surface area contributed by atoms with Gasteiger partial charge in [0.05, 0.1) is 18.9 Å². The van der Waals surface area contributed by atoms with Crippen LogP contribution in [0.4, 0.5) is 0 Å². The summed E-state index contributed by atoms with van der Waals surface area (Å²) in [6.45, 7) is 4.03. The molecule has 3 rings (SSSR count). The van der Waals surface area contributed by atoms with Crippen LogP contribution >= 0.6 is 0 Å². The molecule has 2 fully saturated rings. The van der Waals surface area contributed by atoms with E-state index in [9.17, 15) is 13.2 Å². The third-order valence-corrected chi connectivity index (χ3v) is 5.83. The summed E-state index contributed by atoms with van der Waals surface area (Å²) in [5.74, 6) is 0.979. The van der Waals surface area contributed by atoms with Crippen LogP contribution in [0.5, 0.6) is 0 Å². The van der Waals surface area contributed by atoms with Gasteiger partial charge in [-0.15, -0.1) is 0 Å². The number of likely N-dealkylation sites (tertiary alicyclic amines) is 1. The average molecular weight is 356 g/mol. The van der Waals surface area contributed by atoms with Gasteiger partial charge in [0.25, 0.3) is 5.91 Å². The number of nitrogens with zero attached hydrogens (tertiary/aromatic N) is 1. The molecule has 7 nitrogen and oxygen atoms in total. The minimum absolute atomic E-state index is 0.0994. The van der Waals surface area contributed by atoms with E-state index in [-0.39, 0.29) is 17.4 Å². The van der Waals surface area contributed by atoms with Crippen LogP contribution in [0, 0.1) is 12.3 Å². The van der Waals surface area contributed by atoms with E-state index in [1.165, 1.54) is 6.26 Å². The molecule has 1 aromatic heterocycles. The Morgan fingerprint density at radius 1 is 1.29 bits per heavy atom. The first-order valence-electron chi connectivity index (χ1n) is 8.20. The molecule has 2 aliphatic heterocycles.